The van der Waals surface area contributed by atoms with Crippen molar-refractivity contribution in [2.45, 2.75) is 6.92 Å². The summed E-state index contributed by atoms with van der Waals surface area (Å²) in [5.41, 5.74) is 0. The minimum atomic E-state index is 0.204. The lowest BCUT2D eigenvalue weighted by Crippen LogP contribution is -1.74. The highest BCUT2D eigenvalue weighted by atomic mass is 14.3. The first-order valence-electron chi connectivity index (χ1n) is 1.45. The van der Waals surface area contributed by atoms with Crippen molar-refractivity contribution in [1.82, 2.24) is 0 Å². The number of hydrogen-bond donors (Lipinski definition) is 0. The summed E-state index contributed by atoms with van der Waals surface area (Å²) in [4.78, 5) is 0. The molecular weight excluding hydrogens is 76.1 g/mol. The van der Waals surface area contributed by atoms with Gasteiger partial charge in [-0.2, -0.15) is 10.5 Å². The molecule has 0 aromatic carbocycles. The van der Waals surface area contributed by atoms with Gasteiger partial charge in [0.15, 0.2) is 5.92 Å². The molecule has 0 aliphatic rings. The van der Waals surface area contributed by atoms with Crippen LogP contribution in [0.3, 0.4) is 0 Å². The standard InChI is InChI=1S/C4H3N2/c1-4(2-5)3-6/h1H3. The molecule has 0 saturated heterocycles. The number of hydrogen-bond acceptors (Lipinski definition) is 2. The molecule has 29 valence electrons. The average Bonchev–Trinajstić information content (AvgIpc) is 1.65. The van der Waals surface area contributed by atoms with E-state index in [0.717, 1.165) is 0 Å². The third-order valence-corrected chi connectivity index (χ3v) is 0.335. The van der Waals surface area contributed by atoms with Crippen LogP contribution >= 0.6 is 0 Å². The van der Waals surface area contributed by atoms with Crippen molar-refractivity contribution in [2.24, 2.45) is 0 Å². The minimum Gasteiger partial charge on any atom is -0.196 e. The molecule has 0 aliphatic carbocycles. The molecule has 6 heavy (non-hydrogen) atoms. The molecule has 0 aromatic rings. The van der Waals surface area contributed by atoms with E-state index in [1.807, 2.05) is 0 Å². The highest BCUT2D eigenvalue weighted by Gasteiger charge is 1.90. The first-order valence-corrected chi connectivity index (χ1v) is 1.45. The third kappa shape index (κ3) is 1.32. The lowest BCUT2D eigenvalue weighted by atomic mass is 10.2. The molecule has 0 bridgehead atoms. The highest BCUT2D eigenvalue weighted by Crippen LogP contribution is 1.86. The van der Waals surface area contributed by atoms with E-state index in [4.69, 9.17) is 10.5 Å². The Kier molecular flexibility index (Phi) is 1.85. The Morgan fingerprint density at radius 1 is 1.33 bits per heavy atom. The summed E-state index contributed by atoms with van der Waals surface area (Å²) in [5, 5.41) is 15.7. The van der Waals surface area contributed by atoms with Crippen molar-refractivity contribution in [3.63, 3.8) is 0 Å². The molecule has 0 aromatic heterocycles. The van der Waals surface area contributed by atoms with Gasteiger partial charge in [0.2, 0.25) is 0 Å². The van der Waals surface area contributed by atoms with Gasteiger partial charge in [-0.15, -0.1) is 0 Å². The van der Waals surface area contributed by atoms with E-state index in [9.17, 15) is 0 Å². The Hall–Kier alpha value is -1.02. The van der Waals surface area contributed by atoms with E-state index in [-0.39, 0.29) is 5.92 Å². The summed E-state index contributed by atoms with van der Waals surface area (Å²) in [7, 11) is 0. The zero-order chi connectivity index (χ0) is 4.99. The third-order valence-electron chi connectivity index (χ3n) is 0.335. The molecule has 0 N–H and O–H groups in total. The van der Waals surface area contributed by atoms with Crippen LogP contribution < -0.4 is 0 Å². The Labute approximate surface area is 36.6 Å². The number of rotatable bonds is 0. The predicted octanol–water partition coefficient (Wildman–Crippen LogP) is 0.628. The van der Waals surface area contributed by atoms with Crippen LogP contribution in [-0.4, -0.2) is 0 Å². The first-order chi connectivity index (χ1) is 2.81. The molecule has 0 atom stereocenters. The van der Waals surface area contributed by atoms with Gasteiger partial charge < -0.3 is 0 Å². The monoisotopic (exact) mass is 79.0 g/mol. The Morgan fingerprint density at radius 3 is 1.67 bits per heavy atom. The van der Waals surface area contributed by atoms with Crippen LogP contribution in [0.15, 0.2) is 0 Å². The van der Waals surface area contributed by atoms with Crippen LogP contribution in [0.2, 0.25) is 0 Å². The largest absolute Gasteiger partial charge is 0.196 e. The van der Waals surface area contributed by atoms with E-state index < -0.39 is 0 Å². The smallest absolute Gasteiger partial charge is 0.172 e. The van der Waals surface area contributed by atoms with Crippen molar-refractivity contribution in [2.75, 3.05) is 0 Å². The van der Waals surface area contributed by atoms with Crippen LogP contribution in [0.25, 0.3) is 0 Å². The summed E-state index contributed by atoms with van der Waals surface area (Å²) >= 11 is 0. The molecule has 0 rings (SSSR count). The van der Waals surface area contributed by atoms with E-state index in [1.165, 1.54) is 6.92 Å². The molecule has 0 saturated carbocycles. The van der Waals surface area contributed by atoms with E-state index >= 15 is 0 Å². The normalized spacial score (nSPS) is 6.67. The van der Waals surface area contributed by atoms with Crippen LogP contribution in [-0.2, 0) is 0 Å². The summed E-state index contributed by atoms with van der Waals surface area (Å²) in [6.07, 6.45) is 0. The molecule has 2 nitrogen and oxygen atoms in total. The van der Waals surface area contributed by atoms with Gasteiger partial charge in [0.05, 0.1) is 12.1 Å². The van der Waals surface area contributed by atoms with Gasteiger partial charge >= 0.3 is 0 Å². The van der Waals surface area contributed by atoms with E-state index in [0.29, 0.717) is 0 Å². The quantitative estimate of drug-likeness (QED) is 0.427. The summed E-state index contributed by atoms with van der Waals surface area (Å²) in [6.45, 7) is 1.47. The topological polar surface area (TPSA) is 47.6 Å². The van der Waals surface area contributed by atoms with Crippen molar-refractivity contribution in [3.05, 3.63) is 5.92 Å². The SMILES string of the molecule is C[C](C#N)C#N. The van der Waals surface area contributed by atoms with Crippen molar-refractivity contribution < 1.29 is 0 Å². The Bertz CT molecular complexity index is 89.7. The molecule has 0 fully saturated rings. The van der Waals surface area contributed by atoms with Crippen molar-refractivity contribution in [1.29, 1.82) is 10.5 Å². The summed E-state index contributed by atoms with van der Waals surface area (Å²) < 4.78 is 0. The molecule has 0 heterocycles. The van der Waals surface area contributed by atoms with Crippen LogP contribution in [0, 0.1) is 28.6 Å². The Morgan fingerprint density at radius 2 is 1.67 bits per heavy atom. The van der Waals surface area contributed by atoms with Gasteiger partial charge in [-0.1, -0.05) is 0 Å². The average molecular weight is 79.1 g/mol. The fourth-order valence-corrected chi connectivity index (χ4v) is 0.0250. The summed E-state index contributed by atoms with van der Waals surface area (Å²) in [6, 6.07) is 3.34. The fourth-order valence-electron chi connectivity index (χ4n) is 0.0250. The summed E-state index contributed by atoms with van der Waals surface area (Å²) in [5.74, 6) is 0.204. The van der Waals surface area contributed by atoms with Gasteiger partial charge in [0.25, 0.3) is 0 Å². The molecule has 0 amide bonds. The van der Waals surface area contributed by atoms with Gasteiger partial charge in [0, 0.05) is 0 Å². The van der Waals surface area contributed by atoms with Crippen LogP contribution in [0.5, 0.6) is 0 Å². The van der Waals surface area contributed by atoms with Crippen molar-refractivity contribution >= 4 is 0 Å². The molecule has 1 radical (unpaired) electrons. The van der Waals surface area contributed by atoms with Gasteiger partial charge in [-0.05, 0) is 6.92 Å². The maximum Gasteiger partial charge on any atom is 0.172 e. The number of nitriles is 2. The number of nitrogens with zero attached hydrogens (tertiary/aromatic N) is 2. The predicted molar refractivity (Wildman–Crippen MR) is 20.1 cm³/mol. The van der Waals surface area contributed by atoms with E-state index in [1.54, 1.807) is 12.1 Å². The van der Waals surface area contributed by atoms with Gasteiger partial charge in [-0.3, -0.25) is 0 Å². The van der Waals surface area contributed by atoms with Crippen molar-refractivity contribution in [3.8, 4) is 12.1 Å². The maximum absolute atomic E-state index is 7.83. The van der Waals surface area contributed by atoms with Gasteiger partial charge in [-0.25, -0.2) is 0 Å². The Balaban J connectivity index is 3.40. The molecular formula is C4H3N2. The lowest BCUT2D eigenvalue weighted by molar-refractivity contribution is 1.30. The maximum atomic E-state index is 7.83. The van der Waals surface area contributed by atoms with Crippen LogP contribution in [0.1, 0.15) is 6.92 Å². The second-order valence-corrected chi connectivity index (χ2v) is 0.849. The highest BCUT2D eigenvalue weighted by molar-refractivity contribution is 5.22. The second-order valence-electron chi connectivity index (χ2n) is 0.849. The zero-order valence-electron chi connectivity index (χ0n) is 3.39. The minimum absolute atomic E-state index is 0.204. The zero-order valence-corrected chi connectivity index (χ0v) is 3.39. The molecule has 2 heteroatoms. The fraction of sp³-hybridized carbons (Fsp3) is 0.250. The van der Waals surface area contributed by atoms with Gasteiger partial charge in [0.1, 0.15) is 0 Å². The second kappa shape index (κ2) is 2.23. The molecule has 0 spiro atoms. The first kappa shape index (κ1) is 4.98. The van der Waals surface area contributed by atoms with Crippen LogP contribution in [0.4, 0.5) is 0 Å². The molecule has 0 aliphatic heterocycles. The van der Waals surface area contributed by atoms with E-state index in [2.05, 4.69) is 0 Å². The lowest BCUT2D eigenvalue weighted by Gasteiger charge is -1.70. The molecule has 0 unspecified atom stereocenters.